The predicted octanol–water partition coefficient (Wildman–Crippen LogP) is 4.38. The highest BCUT2D eigenvalue weighted by atomic mass is 19.4. The van der Waals surface area contributed by atoms with Crippen molar-refractivity contribution in [3.63, 3.8) is 0 Å². The molecule has 1 fully saturated rings. The number of rotatable bonds is 7. The number of nitriles is 1. The number of amides is 1. The lowest BCUT2D eigenvalue weighted by Crippen LogP contribution is -2.59. The Bertz CT molecular complexity index is 1530. The van der Waals surface area contributed by atoms with Crippen molar-refractivity contribution in [1.29, 1.82) is 5.26 Å². The number of hydrogen-bond acceptors (Lipinski definition) is 8. The number of aromatic nitrogens is 3. The molecule has 3 atom stereocenters. The molecule has 3 heterocycles. The molecule has 4 rings (SSSR count). The van der Waals surface area contributed by atoms with Gasteiger partial charge in [-0.3, -0.25) is 9.47 Å². The smallest absolute Gasteiger partial charge is 0.416 e. The highest BCUT2D eigenvalue weighted by molar-refractivity contribution is 5.86. The van der Waals surface area contributed by atoms with E-state index >= 15 is 0 Å². The van der Waals surface area contributed by atoms with Gasteiger partial charge in [0, 0.05) is 38.3 Å². The zero-order valence-corrected chi connectivity index (χ0v) is 24.1. The molecule has 0 bridgehead atoms. The minimum Gasteiger partial charge on any atom is -0.448 e. The Hall–Kier alpha value is -4.18. The number of alkyl halides is 3. The van der Waals surface area contributed by atoms with E-state index in [-0.39, 0.29) is 30.4 Å². The van der Waals surface area contributed by atoms with Gasteiger partial charge in [0.25, 0.3) is 0 Å². The number of anilines is 1. The van der Waals surface area contributed by atoms with Gasteiger partial charge in [0.15, 0.2) is 5.82 Å². The average Bonchev–Trinajstić information content (AvgIpc) is 2.94. The first-order valence-electron chi connectivity index (χ1n) is 13.7. The summed E-state index contributed by atoms with van der Waals surface area (Å²) in [5, 5.41) is 12.1. The fourth-order valence-electron chi connectivity index (χ4n) is 5.29. The van der Waals surface area contributed by atoms with Crippen LogP contribution in [0.15, 0.2) is 41.2 Å². The van der Waals surface area contributed by atoms with Crippen LogP contribution in [-0.2, 0) is 18.0 Å². The summed E-state index contributed by atoms with van der Waals surface area (Å²) in [4.78, 5) is 38.0. The molecule has 1 aliphatic heterocycles. The highest BCUT2D eigenvalue weighted by Crippen LogP contribution is 2.35. The lowest BCUT2D eigenvalue weighted by molar-refractivity contribution is -0.137. The minimum atomic E-state index is -4.48. The number of ether oxygens (including phenoxy) is 1. The molecule has 224 valence electrons. The number of alkyl carbamates (subject to hydrolysis) is 1. The second-order valence-corrected chi connectivity index (χ2v) is 10.7. The first-order valence-corrected chi connectivity index (χ1v) is 13.7. The largest absolute Gasteiger partial charge is 0.448 e. The molecule has 0 aliphatic carbocycles. The van der Waals surface area contributed by atoms with Gasteiger partial charge in [-0.05, 0) is 57.0 Å². The number of benzene rings is 1. The van der Waals surface area contributed by atoms with Gasteiger partial charge >= 0.3 is 18.0 Å². The van der Waals surface area contributed by atoms with E-state index in [1.54, 1.807) is 33.0 Å². The number of hydrogen-bond donors (Lipinski definition) is 1. The summed E-state index contributed by atoms with van der Waals surface area (Å²) in [5.41, 5.74) is 0.525. The van der Waals surface area contributed by atoms with Crippen LogP contribution in [0.1, 0.15) is 57.0 Å². The molecule has 42 heavy (non-hydrogen) atoms. The number of nitrogens with one attached hydrogen (secondary N) is 1. The quantitative estimate of drug-likeness (QED) is 0.434. The normalized spacial score (nSPS) is 18.6. The molecule has 0 saturated carbocycles. The van der Waals surface area contributed by atoms with Crippen LogP contribution >= 0.6 is 0 Å². The molecule has 10 nitrogen and oxygen atoms in total. The molecule has 0 spiro atoms. The number of carbonyl (C=O) groups is 1. The molecule has 0 radical (unpaired) electrons. The van der Waals surface area contributed by atoms with E-state index in [2.05, 4.69) is 20.2 Å². The van der Waals surface area contributed by atoms with Crippen LogP contribution in [0.4, 0.5) is 23.8 Å². The van der Waals surface area contributed by atoms with Crippen molar-refractivity contribution >= 4 is 22.9 Å². The van der Waals surface area contributed by atoms with E-state index in [1.165, 1.54) is 16.7 Å². The predicted molar refractivity (Wildman–Crippen MR) is 151 cm³/mol. The fourth-order valence-corrected chi connectivity index (χ4v) is 5.29. The third kappa shape index (κ3) is 6.49. The Morgan fingerprint density at radius 3 is 2.45 bits per heavy atom. The third-order valence-electron chi connectivity index (χ3n) is 7.48. The Morgan fingerprint density at radius 1 is 1.17 bits per heavy atom. The summed E-state index contributed by atoms with van der Waals surface area (Å²) >= 11 is 0. The lowest BCUT2D eigenvalue weighted by atomic mass is 9.97. The van der Waals surface area contributed by atoms with E-state index in [4.69, 9.17) is 4.74 Å². The monoisotopic (exact) mass is 585 g/mol. The molecule has 1 saturated heterocycles. The minimum absolute atomic E-state index is 0.0761. The van der Waals surface area contributed by atoms with Crippen molar-refractivity contribution < 1.29 is 22.7 Å². The standard InChI is InChI=1S/C29H34F3N7O3/c1-6-22-15-38(26-25-23(37(5)27(40)36-26)12-11-21(13-33)35-25)18(4)14-39(22)24(16-42-28(41)34-17(2)3)19-7-9-20(10-8-19)29(30,31)32/h7-12,17-18,22,24H,6,14-16H2,1-5H3,(H,34,41)/t18-,22+,24?/m0/s1. The molecule has 1 aliphatic rings. The number of halogens is 3. The van der Waals surface area contributed by atoms with Crippen LogP contribution in [0.25, 0.3) is 11.0 Å². The Morgan fingerprint density at radius 2 is 1.86 bits per heavy atom. The number of fused-ring (bicyclic) bond motifs is 1. The Balaban J connectivity index is 1.71. The van der Waals surface area contributed by atoms with Gasteiger partial charge in [0.1, 0.15) is 23.9 Å². The second-order valence-electron chi connectivity index (χ2n) is 10.7. The van der Waals surface area contributed by atoms with Crippen LogP contribution in [0.3, 0.4) is 0 Å². The van der Waals surface area contributed by atoms with E-state index < -0.39 is 29.6 Å². The maximum atomic E-state index is 13.3. The van der Waals surface area contributed by atoms with Crippen LogP contribution in [-0.4, -0.2) is 63.4 Å². The number of nitrogens with zero attached hydrogens (tertiary/aromatic N) is 6. The molecule has 1 N–H and O–H groups in total. The lowest BCUT2D eigenvalue weighted by Gasteiger charge is -2.48. The van der Waals surface area contributed by atoms with Crippen molar-refractivity contribution in [2.24, 2.45) is 7.05 Å². The van der Waals surface area contributed by atoms with Gasteiger partial charge in [-0.25, -0.2) is 14.6 Å². The van der Waals surface area contributed by atoms with Crippen molar-refractivity contribution in [2.75, 3.05) is 24.6 Å². The summed E-state index contributed by atoms with van der Waals surface area (Å²) in [5.74, 6) is 0.370. The van der Waals surface area contributed by atoms with Crippen molar-refractivity contribution in [3.05, 3.63) is 63.7 Å². The van der Waals surface area contributed by atoms with Crippen LogP contribution in [0.2, 0.25) is 0 Å². The van der Waals surface area contributed by atoms with Crippen molar-refractivity contribution in [3.8, 4) is 6.07 Å². The van der Waals surface area contributed by atoms with Crippen molar-refractivity contribution in [2.45, 2.75) is 64.5 Å². The number of pyridine rings is 1. The van der Waals surface area contributed by atoms with E-state index in [9.17, 15) is 28.0 Å². The number of aryl methyl sites for hydroxylation is 1. The van der Waals surface area contributed by atoms with Crippen LogP contribution < -0.4 is 15.9 Å². The van der Waals surface area contributed by atoms with Gasteiger partial charge in [0.2, 0.25) is 0 Å². The molecule has 3 aromatic rings. The summed E-state index contributed by atoms with van der Waals surface area (Å²) in [6.07, 6.45) is -4.44. The Labute approximate surface area is 241 Å². The van der Waals surface area contributed by atoms with Crippen LogP contribution in [0.5, 0.6) is 0 Å². The van der Waals surface area contributed by atoms with Gasteiger partial charge in [-0.15, -0.1) is 0 Å². The summed E-state index contributed by atoms with van der Waals surface area (Å²) in [6, 6.07) is 9.12. The number of piperazine rings is 1. The first-order chi connectivity index (χ1) is 19.8. The number of carbonyl (C=O) groups excluding carboxylic acids is 1. The van der Waals surface area contributed by atoms with E-state index in [0.29, 0.717) is 41.9 Å². The van der Waals surface area contributed by atoms with E-state index in [0.717, 1.165) is 12.1 Å². The zero-order chi connectivity index (χ0) is 30.8. The van der Waals surface area contributed by atoms with Crippen molar-refractivity contribution in [1.82, 2.24) is 24.8 Å². The molecular formula is C29H34F3N7O3. The average molecular weight is 586 g/mol. The Kier molecular flexibility index (Phi) is 9.06. The maximum absolute atomic E-state index is 13.3. The van der Waals surface area contributed by atoms with Gasteiger partial charge in [-0.2, -0.15) is 23.4 Å². The SMILES string of the molecule is CC[C@@H]1CN(c2nc(=O)n(C)c3ccc(C#N)nc23)[C@@H](C)CN1C(COC(=O)NC(C)C)c1ccc(C(F)(F)F)cc1. The molecule has 1 unspecified atom stereocenters. The molecule has 1 aromatic carbocycles. The maximum Gasteiger partial charge on any atom is 0.416 e. The molecular weight excluding hydrogens is 551 g/mol. The summed E-state index contributed by atoms with van der Waals surface area (Å²) < 4.78 is 46.8. The fraction of sp³-hybridized carbons (Fsp3) is 0.483. The molecule has 2 aromatic heterocycles. The summed E-state index contributed by atoms with van der Waals surface area (Å²) in [7, 11) is 1.59. The summed E-state index contributed by atoms with van der Waals surface area (Å²) in [6.45, 7) is 8.30. The van der Waals surface area contributed by atoms with E-state index in [1.807, 2.05) is 24.8 Å². The molecule has 13 heteroatoms. The molecule has 1 amide bonds. The topological polar surface area (TPSA) is 116 Å². The van der Waals surface area contributed by atoms with Gasteiger partial charge in [-0.1, -0.05) is 19.1 Å². The zero-order valence-electron chi connectivity index (χ0n) is 24.1. The van der Waals surface area contributed by atoms with Gasteiger partial charge in [0.05, 0.1) is 17.1 Å². The second kappa shape index (κ2) is 12.4. The highest BCUT2D eigenvalue weighted by Gasteiger charge is 2.38. The third-order valence-corrected chi connectivity index (χ3v) is 7.48. The first kappa shape index (κ1) is 30.8. The van der Waals surface area contributed by atoms with Crippen LogP contribution in [0, 0.1) is 11.3 Å². The van der Waals surface area contributed by atoms with Gasteiger partial charge < -0.3 is 15.0 Å².